The molecule has 5 rings (SSSR count). The Kier molecular flexibility index (Phi) is 2.02. The van der Waals surface area contributed by atoms with Crippen molar-refractivity contribution in [3.8, 4) is 0 Å². The van der Waals surface area contributed by atoms with Gasteiger partial charge in [-0.25, -0.2) is 9.97 Å². The van der Waals surface area contributed by atoms with E-state index in [9.17, 15) is 9.59 Å². The normalized spacial score (nSPS) is 32.9. The lowest BCUT2D eigenvalue weighted by Gasteiger charge is -2.20. The molecular formula is C15H11N3O2S. The van der Waals surface area contributed by atoms with Crippen LogP contribution in [0.3, 0.4) is 0 Å². The molecule has 21 heavy (non-hydrogen) atoms. The van der Waals surface area contributed by atoms with E-state index < -0.39 is 0 Å². The number of hydrogen-bond donors (Lipinski definition) is 0. The Morgan fingerprint density at radius 2 is 1.43 bits per heavy atom. The van der Waals surface area contributed by atoms with Crippen LogP contribution in [-0.2, 0) is 9.59 Å². The predicted octanol–water partition coefficient (Wildman–Crippen LogP) is 1.70. The van der Waals surface area contributed by atoms with Crippen LogP contribution in [0.5, 0.6) is 0 Å². The zero-order chi connectivity index (χ0) is 14.3. The van der Waals surface area contributed by atoms with Gasteiger partial charge in [0, 0.05) is 7.05 Å². The van der Waals surface area contributed by atoms with Gasteiger partial charge in [-0.15, -0.1) is 11.8 Å². The quantitative estimate of drug-likeness (QED) is 0.693. The molecule has 2 amide bonds. The third-order valence-electron chi connectivity index (χ3n) is 4.73. The van der Waals surface area contributed by atoms with Gasteiger partial charge in [0.1, 0.15) is 0 Å². The minimum atomic E-state index is -0.250. The minimum Gasteiger partial charge on any atom is -0.285 e. The van der Waals surface area contributed by atoms with E-state index in [1.165, 1.54) is 4.90 Å². The Labute approximate surface area is 124 Å². The number of imide groups is 1. The second kappa shape index (κ2) is 3.62. The summed E-state index contributed by atoms with van der Waals surface area (Å²) in [5.41, 5.74) is 3.51. The maximum absolute atomic E-state index is 12.3. The topological polar surface area (TPSA) is 63.2 Å². The first-order chi connectivity index (χ1) is 10.2. The molecule has 0 unspecified atom stereocenters. The number of likely N-dealkylation sites (tertiary alicyclic amines) is 1. The number of benzene rings is 1. The number of carbonyl (C=O) groups is 2. The molecule has 3 aliphatic rings. The molecule has 2 aromatic rings. The number of fused-ring (bicyclic) bond motifs is 9. The second-order valence-corrected chi connectivity index (χ2v) is 7.04. The van der Waals surface area contributed by atoms with E-state index in [0.29, 0.717) is 0 Å². The predicted molar refractivity (Wildman–Crippen MR) is 77.4 cm³/mol. The Morgan fingerprint density at radius 3 is 1.90 bits per heavy atom. The minimum absolute atomic E-state index is 0.0199. The number of amides is 2. The Bertz CT molecular complexity index is 770. The third kappa shape index (κ3) is 1.25. The number of thioether (sulfide) groups is 1. The van der Waals surface area contributed by atoms with Gasteiger partial charge in [0.2, 0.25) is 11.8 Å². The van der Waals surface area contributed by atoms with Crippen LogP contribution >= 0.6 is 11.8 Å². The van der Waals surface area contributed by atoms with Crippen LogP contribution in [0, 0.1) is 11.8 Å². The summed E-state index contributed by atoms with van der Waals surface area (Å²) >= 11 is 1.68. The van der Waals surface area contributed by atoms with Crippen LogP contribution in [0.25, 0.3) is 11.0 Å². The van der Waals surface area contributed by atoms with E-state index in [2.05, 4.69) is 0 Å². The van der Waals surface area contributed by atoms with Gasteiger partial charge in [-0.1, -0.05) is 12.1 Å². The van der Waals surface area contributed by atoms with Gasteiger partial charge < -0.3 is 0 Å². The van der Waals surface area contributed by atoms with Crippen LogP contribution in [0.15, 0.2) is 24.3 Å². The molecular weight excluding hydrogens is 286 g/mol. The van der Waals surface area contributed by atoms with E-state index in [0.717, 1.165) is 22.4 Å². The van der Waals surface area contributed by atoms with Gasteiger partial charge in [0.05, 0.1) is 44.8 Å². The standard InChI is InChI=1S/C15H11N3O2S/c1-18-14(19)8-9(15(18)20)13-11-10(12(8)21-13)16-6-4-2-3-5-7(6)17-11/h2-5,8-9,12-13H,1H3/t8-,9+,12-,13+. The molecule has 1 aromatic carbocycles. The van der Waals surface area contributed by atoms with Crippen molar-refractivity contribution < 1.29 is 9.59 Å². The molecule has 3 aliphatic heterocycles. The molecule has 6 heteroatoms. The van der Waals surface area contributed by atoms with E-state index >= 15 is 0 Å². The van der Waals surface area contributed by atoms with Crippen molar-refractivity contribution in [2.45, 2.75) is 10.5 Å². The van der Waals surface area contributed by atoms with Gasteiger partial charge in [-0.2, -0.15) is 0 Å². The Morgan fingerprint density at radius 1 is 0.952 bits per heavy atom. The molecule has 4 heterocycles. The number of hydrogen-bond acceptors (Lipinski definition) is 5. The van der Waals surface area contributed by atoms with Gasteiger partial charge in [0.15, 0.2) is 0 Å². The highest BCUT2D eigenvalue weighted by atomic mass is 32.2. The molecule has 4 atom stereocenters. The molecule has 2 fully saturated rings. The first-order valence-corrected chi connectivity index (χ1v) is 7.84. The third-order valence-corrected chi connectivity index (χ3v) is 6.35. The van der Waals surface area contributed by atoms with E-state index in [-0.39, 0.29) is 34.2 Å². The first kappa shape index (κ1) is 11.7. The molecule has 0 aliphatic carbocycles. The van der Waals surface area contributed by atoms with Crippen LogP contribution in [0.1, 0.15) is 21.9 Å². The van der Waals surface area contributed by atoms with Gasteiger partial charge in [-0.3, -0.25) is 14.5 Å². The van der Waals surface area contributed by atoms with Crippen molar-refractivity contribution in [2.75, 3.05) is 7.05 Å². The van der Waals surface area contributed by atoms with Gasteiger partial charge in [0.25, 0.3) is 0 Å². The van der Waals surface area contributed by atoms with Crippen molar-refractivity contribution in [3.05, 3.63) is 35.7 Å². The van der Waals surface area contributed by atoms with Crippen molar-refractivity contribution in [1.82, 2.24) is 14.9 Å². The first-order valence-electron chi connectivity index (χ1n) is 6.90. The SMILES string of the molecule is CN1C(=O)[C@@H]2[C@H](C1=O)[C@@H]1S[C@H]2c2nc3ccccc3nc21. The molecule has 0 radical (unpaired) electrons. The highest BCUT2D eigenvalue weighted by molar-refractivity contribution is 8.00. The van der Waals surface area contributed by atoms with Crippen LogP contribution in [-0.4, -0.2) is 33.7 Å². The average molecular weight is 297 g/mol. The Balaban J connectivity index is 1.74. The average Bonchev–Trinajstić information content (AvgIpc) is 3.12. The molecule has 104 valence electrons. The lowest BCUT2D eigenvalue weighted by Crippen LogP contribution is -2.27. The number of para-hydroxylation sites is 2. The summed E-state index contributed by atoms with van der Waals surface area (Å²) < 4.78 is 0. The van der Waals surface area contributed by atoms with Crippen molar-refractivity contribution in [1.29, 1.82) is 0 Å². The summed E-state index contributed by atoms with van der Waals surface area (Å²) in [7, 11) is 1.58. The lowest BCUT2D eigenvalue weighted by atomic mass is 9.81. The highest BCUT2D eigenvalue weighted by Crippen LogP contribution is 2.67. The lowest BCUT2D eigenvalue weighted by molar-refractivity contribution is -0.138. The van der Waals surface area contributed by atoms with Gasteiger partial charge >= 0.3 is 0 Å². The number of nitrogens with zero attached hydrogens (tertiary/aromatic N) is 3. The fourth-order valence-electron chi connectivity index (χ4n) is 3.74. The van der Waals surface area contributed by atoms with E-state index in [4.69, 9.17) is 9.97 Å². The zero-order valence-electron chi connectivity index (χ0n) is 11.2. The van der Waals surface area contributed by atoms with Crippen LogP contribution < -0.4 is 0 Å². The largest absolute Gasteiger partial charge is 0.285 e. The monoisotopic (exact) mass is 297 g/mol. The number of carbonyl (C=O) groups excluding carboxylic acids is 2. The van der Waals surface area contributed by atoms with Crippen LogP contribution in [0.4, 0.5) is 0 Å². The fourth-order valence-corrected chi connectivity index (χ4v) is 5.57. The second-order valence-electron chi connectivity index (χ2n) is 5.75. The molecule has 0 N–H and O–H groups in total. The molecule has 5 nitrogen and oxygen atoms in total. The highest BCUT2D eigenvalue weighted by Gasteiger charge is 2.64. The molecule has 0 spiro atoms. The summed E-state index contributed by atoms with van der Waals surface area (Å²) in [4.78, 5) is 35.3. The van der Waals surface area contributed by atoms with Crippen molar-refractivity contribution >= 4 is 34.6 Å². The molecule has 0 saturated carbocycles. The van der Waals surface area contributed by atoms with Gasteiger partial charge in [-0.05, 0) is 12.1 Å². The summed E-state index contributed by atoms with van der Waals surface area (Å²) in [5, 5.41) is -0.0398. The van der Waals surface area contributed by atoms with Crippen LogP contribution in [0.2, 0.25) is 0 Å². The molecule has 2 bridgehead atoms. The summed E-state index contributed by atoms with van der Waals surface area (Å²) in [6.45, 7) is 0. The fraction of sp³-hybridized carbons (Fsp3) is 0.333. The number of rotatable bonds is 0. The number of aromatic nitrogens is 2. The van der Waals surface area contributed by atoms with Crippen molar-refractivity contribution in [2.24, 2.45) is 11.8 Å². The summed E-state index contributed by atoms with van der Waals surface area (Å²) in [5.74, 6) is -0.628. The summed E-state index contributed by atoms with van der Waals surface area (Å²) in [6.07, 6.45) is 0. The molecule has 1 aromatic heterocycles. The molecule has 2 saturated heterocycles. The van der Waals surface area contributed by atoms with Crippen molar-refractivity contribution in [3.63, 3.8) is 0 Å². The smallest absolute Gasteiger partial charge is 0.234 e. The van der Waals surface area contributed by atoms with E-state index in [1.54, 1.807) is 18.8 Å². The maximum atomic E-state index is 12.3. The Hall–Kier alpha value is -1.95. The van der Waals surface area contributed by atoms with E-state index in [1.807, 2.05) is 24.3 Å². The summed E-state index contributed by atoms with van der Waals surface area (Å²) in [6, 6.07) is 7.74. The maximum Gasteiger partial charge on any atom is 0.234 e. The zero-order valence-corrected chi connectivity index (χ0v) is 12.0.